The van der Waals surface area contributed by atoms with Crippen LogP contribution in [0, 0.1) is 5.92 Å². The summed E-state index contributed by atoms with van der Waals surface area (Å²) in [6, 6.07) is 34.8. The molecule has 1 aliphatic carbocycles. The molecule has 1 aliphatic rings. The number of carbonyl (C=O) groups excluding carboxylic acids is 1. The van der Waals surface area contributed by atoms with Gasteiger partial charge in [-0.1, -0.05) is 91.0 Å². The van der Waals surface area contributed by atoms with Crippen LogP contribution in [-0.2, 0) is 20.6 Å². The zero-order valence-electron chi connectivity index (χ0n) is 24.4. The summed E-state index contributed by atoms with van der Waals surface area (Å²) in [5.41, 5.74) is 3.09. The number of para-hydroxylation sites is 2. The third-order valence-corrected chi connectivity index (χ3v) is 9.29. The van der Waals surface area contributed by atoms with Crippen molar-refractivity contribution >= 4 is 19.5 Å². The highest BCUT2D eigenvalue weighted by Gasteiger charge is 2.33. The van der Waals surface area contributed by atoms with Gasteiger partial charge in [0, 0.05) is 6.04 Å². The van der Waals surface area contributed by atoms with Gasteiger partial charge in [0.05, 0.1) is 12.0 Å². The smallest absolute Gasteiger partial charge is 0.444 e. The minimum absolute atomic E-state index is 0.129. The highest BCUT2D eigenvalue weighted by molar-refractivity contribution is 7.54. The molecule has 0 aliphatic heterocycles. The maximum atomic E-state index is 14.1. The molecule has 1 saturated carbocycles. The maximum absolute atomic E-state index is 14.1. The molecule has 4 aromatic carbocycles. The number of aliphatic carboxylic acids is 1. The Morgan fingerprint density at radius 2 is 1.23 bits per heavy atom. The Morgan fingerprint density at radius 1 is 0.727 bits per heavy atom. The molecule has 0 radical (unpaired) electrons. The topological polar surface area (TPSA) is 114 Å². The van der Waals surface area contributed by atoms with Gasteiger partial charge >= 0.3 is 13.6 Å². The van der Waals surface area contributed by atoms with Gasteiger partial charge in [-0.2, -0.15) is 0 Å². The van der Waals surface area contributed by atoms with Crippen LogP contribution >= 0.6 is 7.60 Å². The predicted molar refractivity (Wildman–Crippen MR) is 171 cm³/mol. The van der Waals surface area contributed by atoms with E-state index in [1.807, 2.05) is 66.7 Å². The molecular formula is C35H37N2O6P. The maximum Gasteiger partial charge on any atom is 0.444 e. The van der Waals surface area contributed by atoms with Crippen LogP contribution in [0.1, 0.15) is 31.2 Å². The summed E-state index contributed by atoms with van der Waals surface area (Å²) >= 11 is 0. The van der Waals surface area contributed by atoms with Gasteiger partial charge in [-0.25, -0.2) is 4.57 Å². The zero-order valence-corrected chi connectivity index (χ0v) is 25.3. The number of carboxylic acids is 1. The van der Waals surface area contributed by atoms with Gasteiger partial charge in [-0.3, -0.25) is 14.9 Å². The van der Waals surface area contributed by atoms with Crippen LogP contribution in [0.5, 0.6) is 11.5 Å². The number of amides is 1. The van der Waals surface area contributed by atoms with E-state index in [0.29, 0.717) is 43.6 Å². The van der Waals surface area contributed by atoms with Crippen molar-refractivity contribution in [2.75, 3.05) is 6.29 Å². The Balaban J connectivity index is 1.33. The fourth-order valence-corrected chi connectivity index (χ4v) is 6.83. The lowest BCUT2D eigenvalue weighted by atomic mass is 9.86. The van der Waals surface area contributed by atoms with Gasteiger partial charge in [-0.15, -0.1) is 0 Å². The summed E-state index contributed by atoms with van der Waals surface area (Å²) in [5, 5.41) is 15.7. The number of hydrogen-bond acceptors (Lipinski definition) is 6. The second-order valence-electron chi connectivity index (χ2n) is 11.0. The van der Waals surface area contributed by atoms with E-state index in [1.54, 1.807) is 48.5 Å². The highest BCUT2D eigenvalue weighted by Crippen LogP contribution is 2.47. The summed E-state index contributed by atoms with van der Waals surface area (Å²) in [7, 11) is -3.83. The molecule has 1 fully saturated rings. The molecule has 0 heterocycles. The molecular weight excluding hydrogens is 575 g/mol. The Labute approximate surface area is 258 Å². The SMILES string of the molecule is O=C(O)C1CCC(NC(=O)[C@H](Cc2ccc(-c3ccccc3)cc2)NCP(=O)(Oc2ccccc2)Oc2ccccc2)CC1. The van der Waals surface area contributed by atoms with Gasteiger partial charge in [-0.05, 0) is 73.1 Å². The average Bonchev–Trinajstić information content (AvgIpc) is 3.05. The monoisotopic (exact) mass is 612 g/mol. The van der Waals surface area contributed by atoms with Gasteiger partial charge in [0.2, 0.25) is 5.91 Å². The molecule has 0 unspecified atom stereocenters. The molecule has 4 aromatic rings. The lowest BCUT2D eigenvalue weighted by Crippen LogP contribution is -2.50. The van der Waals surface area contributed by atoms with E-state index in [4.69, 9.17) is 9.05 Å². The zero-order chi connectivity index (χ0) is 30.8. The van der Waals surface area contributed by atoms with Crippen LogP contribution in [-0.4, -0.2) is 35.4 Å². The normalized spacial score (nSPS) is 17.3. The third kappa shape index (κ3) is 8.82. The van der Waals surface area contributed by atoms with Crippen molar-refractivity contribution in [1.82, 2.24) is 10.6 Å². The fourth-order valence-electron chi connectivity index (χ4n) is 5.33. The quantitative estimate of drug-likeness (QED) is 0.140. The van der Waals surface area contributed by atoms with E-state index >= 15 is 0 Å². The summed E-state index contributed by atoms with van der Waals surface area (Å²) in [4.78, 5) is 25.1. The molecule has 1 atom stereocenters. The highest BCUT2D eigenvalue weighted by atomic mass is 31.2. The molecule has 9 heteroatoms. The van der Waals surface area contributed by atoms with Crippen LogP contribution in [0.15, 0.2) is 115 Å². The molecule has 44 heavy (non-hydrogen) atoms. The van der Waals surface area contributed by atoms with Crippen molar-refractivity contribution in [1.29, 1.82) is 0 Å². The number of nitrogens with one attached hydrogen (secondary N) is 2. The first kappa shape index (κ1) is 31.0. The van der Waals surface area contributed by atoms with E-state index in [1.165, 1.54) is 0 Å². The first-order valence-corrected chi connectivity index (χ1v) is 16.6. The number of carbonyl (C=O) groups is 2. The van der Waals surface area contributed by atoms with Crippen molar-refractivity contribution in [3.8, 4) is 22.6 Å². The van der Waals surface area contributed by atoms with Crippen LogP contribution in [0.4, 0.5) is 0 Å². The van der Waals surface area contributed by atoms with Gasteiger partial charge < -0.3 is 19.5 Å². The van der Waals surface area contributed by atoms with E-state index in [0.717, 1.165) is 16.7 Å². The van der Waals surface area contributed by atoms with Crippen LogP contribution < -0.4 is 19.7 Å². The third-order valence-electron chi connectivity index (χ3n) is 7.75. The van der Waals surface area contributed by atoms with E-state index < -0.39 is 19.6 Å². The predicted octanol–water partition coefficient (Wildman–Crippen LogP) is 6.92. The molecule has 5 rings (SSSR count). The summed E-state index contributed by atoms with van der Waals surface area (Å²) in [6.07, 6.45) is 2.33. The van der Waals surface area contributed by atoms with Crippen molar-refractivity contribution in [3.63, 3.8) is 0 Å². The molecule has 0 spiro atoms. The Kier molecular flexibility index (Phi) is 10.5. The fraction of sp³-hybridized carbons (Fsp3) is 0.257. The molecule has 0 bridgehead atoms. The summed E-state index contributed by atoms with van der Waals surface area (Å²) in [5.74, 6) is -0.637. The Hall–Kier alpha value is -4.39. The van der Waals surface area contributed by atoms with E-state index in [-0.39, 0.29) is 24.2 Å². The standard InChI is InChI=1S/C35H37N2O6P/c38-34(37-30-22-20-29(21-23-30)35(39)40)33(24-26-16-18-28(19-17-26)27-10-4-1-5-11-27)36-25-44(41,42-31-12-6-2-7-13-31)43-32-14-8-3-9-15-32/h1-19,29-30,33,36H,20-25H2,(H,37,38)(H,39,40)/t29?,30?,33-/m0/s1. The van der Waals surface area contributed by atoms with Crippen molar-refractivity contribution < 1.29 is 28.3 Å². The number of hydrogen-bond donors (Lipinski definition) is 3. The minimum Gasteiger partial charge on any atom is -0.481 e. The minimum atomic E-state index is -3.83. The molecule has 1 amide bonds. The van der Waals surface area contributed by atoms with Crippen molar-refractivity contribution in [3.05, 3.63) is 121 Å². The second-order valence-corrected chi connectivity index (χ2v) is 12.9. The van der Waals surface area contributed by atoms with E-state index in [9.17, 15) is 19.3 Å². The number of benzene rings is 4. The van der Waals surface area contributed by atoms with Crippen molar-refractivity contribution in [2.45, 2.75) is 44.2 Å². The molecule has 0 aromatic heterocycles. The van der Waals surface area contributed by atoms with Gasteiger partial charge in [0.15, 0.2) is 0 Å². The van der Waals surface area contributed by atoms with Crippen molar-refractivity contribution in [2.24, 2.45) is 5.92 Å². The first-order valence-electron chi connectivity index (χ1n) is 14.9. The Bertz CT molecular complexity index is 1500. The van der Waals surface area contributed by atoms with E-state index in [2.05, 4.69) is 10.6 Å². The largest absolute Gasteiger partial charge is 0.481 e. The molecule has 0 saturated heterocycles. The lowest BCUT2D eigenvalue weighted by Gasteiger charge is -2.29. The second kappa shape index (κ2) is 14.9. The number of carboxylic acid groups (broad SMARTS) is 1. The van der Waals surface area contributed by atoms with Crippen LogP contribution in [0.2, 0.25) is 0 Å². The van der Waals surface area contributed by atoms with Gasteiger partial charge in [0.25, 0.3) is 0 Å². The summed E-state index contributed by atoms with van der Waals surface area (Å²) < 4.78 is 26.0. The number of rotatable bonds is 13. The van der Waals surface area contributed by atoms with Crippen LogP contribution in [0.25, 0.3) is 11.1 Å². The first-order chi connectivity index (χ1) is 21.4. The molecule has 8 nitrogen and oxygen atoms in total. The lowest BCUT2D eigenvalue weighted by molar-refractivity contribution is -0.142. The molecule has 228 valence electrons. The molecule has 3 N–H and O–H groups in total. The van der Waals surface area contributed by atoms with Gasteiger partial charge in [0.1, 0.15) is 17.8 Å². The Morgan fingerprint density at radius 3 is 1.75 bits per heavy atom. The van der Waals surface area contributed by atoms with Crippen LogP contribution in [0.3, 0.4) is 0 Å². The summed E-state index contributed by atoms with van der Waals surface area (Å²) in [6.45, 7) is 0. The average molecular weight is 613 g/mol.